The van der Waals surface area contributed by atoms with Crippen LogP contribution in [0.4, 0.5) is 0 Å². The Kier molecular flexibility index (Phi) is 4.96. The molecule has 6 nitrogen and oxygen atoms in total. The second kappa shape index (κ2) is 7.56. The molecule has 2 aromatic carbocycles. The average molecular weight is 398 g/mol. The molecule has 2 heterocycles. The van der Waals surface area contributed by atoms with Gasteiger partial charge in [0.2, 0.25) is 0 Å². The average Bonchev–Trinajstić information content (AvgIpc) is 3.08. The third kappa shape index (κ3) is 3.43. The first-order valence-electron chi connectivity index (χ1n) is 9.01. The fourth-order valence-electron chi connectivity index (χ4n) is 3.22. The molecule has 0 unspecified atom stereocenters. The van der Waals surface area contributed by atoms with E-state index < -0.39 is 0 Å². The molecule has 0 aliphatic carbocycles. The maximum Gasteiger partial charge on any atom is 0.255 e. The maximum atomic E-state index is 12.7. The molecule has 28 heavy (non-hydrogen) atoms. The van der Waals surface area contributed by atoms with Crippen molar-refractivity contribution in [2.45, 2.75) is 20.4 Å². The van der Waals surface area contributed by atoms with Gasteiger partial charge in [0.25, 0.3) is 5.91 Å². The van der Waals surface area contributed by atoms with Crippen molar-refractivity contribution < 1.29 is 14.3 Å². The SMILES string of the molecule is Cc1ccccc1-n1ncc(C(=O)NCc2cc(Cl)c3c(c2)OCCO3)c1C. The topological polar surface area (TPSA) is 65.4 Å². The van der Waals surface area contributed by atoms with Gasteiger partial charge in [-0.05, 0) is 43.2 Å². The molecule has 7 heteroatoms. The number of carbonyl (C=O) groups is 1. The van der Waals surface area contributed by atoms with Gasteiger partial charge < -0.3 is 14.8 Å². The van der Waals surface area contributed by atoms with E-state index in [0.717, 1.165) is 22.5 Å². The van der Waals surface area contributed by atoms with E-state index in [1.165, 1.54) is 0 Å². The first-order chi connectivity index (χ1) is 13.5. The lowest BCUT2D eigenvalue weighted by atomic mass is 10.1. The van der Waals surface area contributed by atoms with Crippen LogP contribution in [0.3, 0.4) is 0 Å². The van der Waals surface area contributed by atoms with E-state index in [9.17, 15) is 4.79 Å². The standard InChI is InChI=1S/C21H20ClN3O3/c1-13-5-3-4-6-18(13)25-14(2)16(12-24-25)21(26)23-11-15-9-17(22)20-19(10-15)27-7-8-28-20/h3-6,9-10,12H,7-8,11H2,1-2H3,(H,23,26). The molecule has 0 radical (unpaired) electrons. The van der Waals surface area contributed by atoms with Crippen LogP contribution in [0.15, 0.2) is 42.6 Å². The Morgan fingerprint density at radius 3 is 2.82 bits per heavy atom. The Hall–Kier alpha value is -2.99. The number of aromatic nitrogens is 2. The van der Waals surface area contributed by atoms with Gasteiger partial charge in [0.05, 0.1) is 28.2 Å². The summed E-state index contributed by atoms with van der Waals surface area (Å²) in [5, 5.41) is 7.79. The second-order valence-electron chi connectivity index (χ2n) is 6.63. The Bertz CT molecular complexity index is 1050. The number of aryl methyl sites for hydroxylation is 1. The molecule has 0 spiro atoms. The molecule has 1 N–H and O–H groups in total. The number of ether oxygens (including phenoxy) is 2. The van der Waals surface area contributed by atoms with Crippen LogP contribution in [-0.2, 0) is 6.54 Å². The normalized spacial score (nSPS) is 12.7. The summed E-state index contributed by atoms with van der Waals surface area (Å²) in [7, 11) is 0. The monoisotopic (exact) mass is 397 g/mol. The molecule has 0 saturated carbocycles. The van der Waals surface area contributed by atoms with Gasteiger partial charge in [-0.25, -0.2) is 4.68 Å². The van der Waals surface area contributed by atoms with E-state index in [0.29, 0.717) is 41.8 Å². The summed E-state index contributed by atoms with van der Waals surface area (Å²) >= 11 is 6.26. The fourth-order valence-corrected chi connectivity index (χ4v) is 3.51. The van der Waals surface area contributed by atoms with Crippen molar-refractivity contribution in [3.05, 3.63) is 70.0 Å². The number of hydrogen-bond donors (Lipinski definition) is 1. The first kappa shape index (κ1) is 18.4. The van der Waals surface area contributed by atoms with Crippen LogP contribution >= 0.6 is 11.6 Å². The summed E-state index contributed by atoms with van der Waals surface area (Å²) < 4.78 is 12.9. The smallest absolute Gasteiger partial charge is 0.255 e. The van der Waals surface area contributed by atoms with Gasteiger partial charge in [0, 0.05) is 6.54 Å². The molecule has 0 saturated heterocycles. The number of fused-ring (bicyclic) bond motifs is 1. The minimum Gasteiger partial charge on any atom is -0.486 e. The molecule has 4 rings (SSSR count). The molecule has 0 atom stereocenters. The zero-order valence-electron chi connectivity index (χ0n) is 15.7. The number of rotatable bonds is 4. The van der Waals surface area contributed by atoms with E-state index in [-0.39, 0.29) is 5.91 Å². The van der Waals surface area contributed by atoms with Crippen LogP contribution in [0, 0.1) is 13.8 Å². The van der Waals surface area contributed by atoms with Crippen molar-refractivity contribution in [3.63, 3.8) is 0 Å². The number of amides is 1. The molecular weight excluding hydrogens is 378 g/mol. The Morgan fingerprint density at radius 1 is 1.21 bits per heavy atom. The highest BCUT2D eigenvalue weighted by Gasteiger charge is 2.18. The lowest BCUT2D eigenvalue weighted by molar-refractivity contribution is 0.0950. The predicted octanol–water partition coefficient (Wildman–Crippen LogP) is 3.84. The van der Waals surface area contributed by atoms with Crippen molar-refractivity contribution in [1.29, 1.82) is 0 Å². The van der Waals surface area contributed by atoms with Crippen molar-refractivity contribution in [1.82, 2.24) is 15.1 Å². The highest BCUT2D eigenvalue weighted by molar-refractivity contribution is 6.32. The number of hydrogen-bond acceptors (Lipinski definition) is 4. The molecule has 0 bridgehead atoms. The van der Waals surface area contributed by atoms with Crippen LogP contribution in [0.25, 0.3) is 5.69 Å². The lowest BCUT2D eigenvalue weighted by Gasteiger charge is -2.20. The Balaban J connectivity index is 1.51. The molecular formula is C21H20ClN3O3. The predicted molar refractivity (Wildman–Crippen MR) is 107 cm³/mol. The second-order valence-corrected chi connectivity index (χ2v) is 7.03. The lowest BCUT2D eigenvalue weighted by Crippen LogP contribution is -2.23. The Morgan fingerprint density at radius 2 is 2.00 bits per heavy atom. The van der Waals surface area contributed by atoms with Crippen molar-refractivity contribution in [2.75, 3.05) is 13.2 Å². The van der Waals surface area contributed by atoms with Crippen LogP contribution < -0.4 is 14.8 Å². The van der Waals surface area contributed by atoms with E-state index in [4.69, 9.17) is 21.1 Å². The fraction of sp³-hybridized carbons (Fsp3) is 0.238. The summed E-state index contributed by atoms with van der Waals surface area (Å²) in [5.41, 5.74) is 4.20. The third-order valence-corrected chi connectivity index (χ3v) is 4.99. The van der Waals surface area contributed by atoms with Crippen LogP contribution in [-0.4, -0.2) is 28.9 Å². The van der Waals surface area contributed by atoms with E-state index in [2.05, 4.69) is 10.4 Å². The molecule has 1 amide bonds. The Labute approximate surface area is 168 Å². The van der Waals surface area contributed by atoms with Crippen molar-refractivity contribution in [3.8, 4) is 17.2 Å². The van der Waals surface area contributed by atoms with Crippen molar-refractivity contribution >= 4 is 17.5 Å². The summed E-state index contributed by atoms with van der Waals surface area (Å²) in [6.07, 6.45) is 1.59. The molecule has 0 fully saturated rings. The molecule has 1 aromatic heterocycles. The van der Waals surface area contributed by atoms with Gasteiger partial charge in [-0.3, -0.25) is 4.79 Å². The van der Waals surface area contributed by atoms with Crippen LogP contribution in [0.5, 0.6) is 11.5 Å². The van der Waals surface area contributed by atoms with Gasteiger partial charge >= 0.3 is 0 Å². The summed E-state index contributed by atoms with van der Waals surface area (Å²) in [6.45, 7) is 5.19. The van der Waals surface area contributed by atoms with E-state index >= 15 is 0 Å². The van der Waals surface area contributed by atoms with Gasteiger partial charge in [-0.2, -0.15) is 5.10 Å². The minimum atomic E-state index is -0.191. The van der Waals surface area contributed by atoms with Crippen molar-refractivity contribution in [2.24, 2.45) is 0 Å². The number of nitrogens with zero attached hydrogens (tertiary/aromatic N) is 2. The third-order valence-electron chi connectivity index (χ3n) is 4.71. The maximum absolute atomic E-state index is 12.7. The largest absolute Gasteiger partial charge is 0.486 e. The zero-order valence-corrected chi connectivity index (χ0v) is 16.4. The quantitative estimate of drug-likeness (QED) is 0.726. The number of nitrogens with one attached hydrogen (secondary N) is 1. The summed E-state index contributed by atoms with van der Waals surface area (Å²) in [6, 6.07) is 11.5. The highest BCUT2D eigenvalue weighted by atomic mass is 35.5. The number of carbonyl (C=O) groups excluding carboxylic acids is 1. The highest BCUT2D eigenvalue weighted by Crippen LogP contribution is 2.38. The first-order valence-corrected chi connectivity index (χ1v) is 9.39. The van der Waals surface area contributed by atoms with Gasteiger partial charge in [0.1, 0.15) is 13.2 Å². The summed E-state index contributed by atoms with van der Waals surface area (Å²) in [5.74, 6) is 0.966. The van der Waals surface area contributed by atoms with Gasteiger partial charge in [-0.1, -0.05) is 29.8 Å². The molecule has 144 valence electrons. The van der Waals surface area contributed by atoms with Gasteiger partial charge in [0.15, 0.2) is 11.5 Å². The van der Waals surface area contributed by atoms with Crippen LogP contribution in [0.2, 0.25) is 5.02 Å². The minimum absolute atomic E-state index is 0.191. The summed E-state index contributed by atoms with van der Waals surface area (Å²) in [4.78, 5) is 12.7. The number of benzene rings is 2. The molecule has 1 aliphatic rings. The number of para-hydroxylation sites is 1. The number of halogens is 1. The van der Waals surface area contributed by atoms with Gasteiger partial charge in [-0.15, -0.1) is 0 Å². The zero-order chi connectivity index (χ0) is 19.7. The molecule has 3 aromatic rings. The van der Waals surface area contributed by atoms with E-state index in [1.54, 1.807) is 16.9 Å². The van der Waals surface area contributed by atoms with E-state index in [1.807, 2.05) is 44.2 Å². The van der Waals surface area contributed by atoms with Crippen LogP contribution in [0.1, 0.15) is 27.2 Å². The molecule has 1 aliphatic heterocycles.